The first-order valence-corrected chi connectivity index (χ1v) is 6.52. The zero-order valence-corrected chi connectivity index (χ0v) is 12.4. The summed E-state index contributed by atoms with van der Waals surface area (Å²) in [6, 6.07) is 16.2. The van der Waals surface area contributed by atoms with Crippen LogP contribution in [-0.2, 0) is 0 Å². The van der Waals surface area contributed by atoms with Gasteiger partial charge in [-0.1, -0.05) is 35.9 Å². The van der Waals surface area contributed by atoms with Crippen LogP contribution in [0.5, 0.6) is 0 Å². The second kappa shape index (κ2) is 7.76. The highest BCUT2D eigenvalue weighted by Gasteiger charge is 1.98. The van der Waals surface area contributed by atoms with E-state index in [2.05, 4.69) is 0 Å². The fourth-order valence-corrected chi connectivity index (χ4v) is 1.67. The molecule has 106 valence electrons. The van der Waals surface area contributed by atoms with Crippen molar-refractivity contribution in [3.63, 3.8) is 0 Å². The topological polar surface area (TPSA) is 57.9 Å². The molecule has 0 unspecified atom stereocenters. The first-order valence-electron chi connectivity index (χ1n) is 6.52. The van der Waals surface area contributed by atoms with E-state index in [1.807, 2.05) is 37.3 Å². The number of aryl methyl sites for hydroxylation is 1. The summed E-state index contributed by atoms with van der Waals surface area (Å²) in [6.45, 7) is 5.04. The number of carbonyl (C=O) groups is 2. The lowest BCUT2D eigenvalue weighted by Gasteiger charge is -1.94. The molecule has 0 spiro atoms. The van der Waals surface area contributed by atoms with E-state index >= 15 is 0 Å². The first kappa shape index (κ1) is 16.3. The van der Waals surface area contributed by atoms with Crippen molar-refractivity contribution in [1.82, 2.24) is 0 Å². The van der Waals surface area contributed by atoms with Crippen LogP contribution >= 0.6 is 0 Å². The standard InChI is InChI=1S/C9H7NO.C9H10O/c1-7(11)9-4-2-3-8(5-9)6-10;1-7-4-3-5-9(6-7)8(2)10/h2-5H,1H3;3-6H,1-2H3. The summed E-state index contributed by atoms with van der Waals surface area (Å²) < 4.78 is 0. The van der Waals surface area contributed by atoms with E-state index < -0.39 is 0 Å². The Bertz CT molecular complexity index is 696. The molecule has 0 atom stereocenters. The molecule has 0 saturated heterocycles. The number of benzene rings is 2. The molecule has 0 heterocycles. The molecule has 0 bridgehead atoms. The Morgan fingerprint density at radius 3 is 1.86 bits per heavy atom. The smallest absolute Gasteiger partial charge is 0.159 e. The molecule has 0 radical (unpaired) electrons. The van der Waals surface area contributed by atoms with Gasteiger partial charge in [-0.15, -0.1) is 0 Å². The van der Waals surface area contributed by atoms with Crippen LogP contribution < -0.4 is 0 Å². The summed E-state index contributed by atoms with van der Waals surface area (Å²) in [4.78, 5) is 21.6. The van der Waals surface area contributed by atoms with Crippen LogP contribution in [0.15, 0.2) is 48.5 Å². The molecule has 3 heteroatoms. The number of ketones is 2. The largest absolute Gasteiger partial charge is 0.295 e. The third-order valence-corrected chi connectivity index (χ3v) is 2.82. The number of Topliss-reactive ketones (excluding diaryl/α,β-unsaturated/α-hetero) is 2. The van der Waals surface area contributed by atoms with E-state index in [9.17, 15) is 9.59 Å². The van der Waals surface area contributed by atoms with Crippen LogP contribution in [0.1, 0.15) is 45.7 Å². The van der Waals surface area contributed by atoms with Crippen molar-refractivity contribution in [2.45, 2.75) is 20.8 Å². The van der Waals surface area contributed by atoms with E-state index in [1.54, 1.807) is 31.2 Å². The molecular formula is C18H17NO2. The van der Waals surface area contributed by atoms with Crippen molar-refractivity contribution in [2.24, 2.45) is 0 Å². The Labute approximate surface area is 124 Å². The molecule has 0 saturated carbocycles. The maximum Gasteiger partial charge on any atom is 0.159 e. The van der Waals surface area contributed by atoms with Crippen LogP contribution in [-0.4, -0.2) is 11.6 Å². The predicted molar refractivity (Wildman–Crippen MR) is 82.3 cm³/mol. The van der Waals surface area contributed by atoms with Gasteiger partial charge >= 0.3 is 0 Å². The van der Waals surface area contributed by atoms with Crippen LogP contribution in [0.25, 0.3) is 0 Å². The van der Waals surface area contributed by atoms with Crippen molar-refractivity contribution < 1.29 is 9.59 Å². The maximum absolute atomic E-state index is 10.8. The van der Waals surface area contributed by atoms with Gasteiger partial charge in [0, 0.05) is 11.1 Å². The van der Waals surface area contributed by atoms with Gasteiger partial charge in [0.05, 0.1) is 11.6 Å². The lowest BCUT2D eigenvalue weighted by molar-refractivity contribution is 0.100. The summed E-state index contributed by atoms with van der Waals surface area (Å²) in [5.41, 5.74) is 3.04. The normalized spacial score (nSPS) is 9.05. The molecule has 0 amide bonds. The molecule has 2 rings (SSSR count). The van der Waals surface area contributed by atoms with Crippen molar-refractivity contribution in [3.05, 3.63) is 70.8 Å². The van der Waals surface area contributed by atoms with Gasteiger partial charge in [0.25, 0.3) is 0 Å². The van der Waals surface area contributed by atoms with Crippen LogP contribution in [0.4, 0.5) is 0 Å². The Morgan fingerprint density at radius 1 is 0.905 bits per heavy atom. The minimum Gasteiger partial charge on any atom is -0.295 e. The molecule has 3 nitrogen and oxygen atoms in total. The summed E-state index contributed by atoms with van der Waals surface area (Å²) in [5.74, 6) is 0.116. The van der Waals surface area contributed by atoms with Gasteiger partial charge in [-0.3, -0.25) is 9.59 Å². The second-order valence-electron chi connectivity index (χ2n) is 4.67. The van der Waals surface area contributed by atoms with E-state index in [1.165, 1.54) is 6.92 Å². The first-order chi connectivity index (χ1) is 9.93. The SMILES string of the molecule is CC(=O)c1cccc(C#N)c1.CC(=O)c1cccc(C)c1. The van der Waals surface area contributed by atoms with Gasteiger partial charge in [-0.2, -0.15) is 5.26 Å². The Balaban J connectivity index is 0.000000211. The van der Waals surface area contributed by atoms with Crippen LogP contribution in [0.3, 0.4) is 0 Å². The molecule has 0 aliphatic rings. The highest BCUT2D eigenvalue weighted by molar-refractivity contribution is 5.94. The molecule has 21 heavy (non-hydrogen) atoms. The van der Waals surface area contributed by atoms with E-state index in [0.717, 1.165) is 11.1 Å². The van der Waals surface area contributed by atoms with Crippen molar-refractivity contribution in [2.75, 3.05) is 0 Å². The van der Waals surface area contributed by atoms with E-state index in [-0.39, 0.29) is 11.6 Å². The number of carbonyl (C=O) groups excluding carboxylic acids is 2. The molecule has 0 fully saturated rings. The molecule has 0 aliphatic heterocycles. The van der Waals surface area contributed by atoms with Gasteiger partial charge in [-0.05, 0) is 39.0 Å². The molecular weight excluding hydrogens is 262 g/mol. The average molecular weight is 279 g/mol. The summed E-state index contributed by atoms with van der Waals surface area (Å²) in [7, 11) is 0. The molecule has 2 aromatic rings. The van der Waals surface area contributed by atoms with Crippen molar-refractivity contribution in [3.8, 4) is 6.07 Å². The fraction of sp³-hybridized carbons (Fsp3) is 0.167. The third-order valence-electron chi connectivity index (χ3n) is 2.82. The van der Waals surface area contributed by atoms with Gasteiger partial charge in [0.2, 0.25) is 0 Å². The molecule has 0 aromatic heterocycles. The molecule has 0 N–H and O–H groups in total. The van der Waals surface area contributed by atoms with E-state index in [0.29, 0.717) is 11.1 Å². The summed E-state index contributed by atoms with van der Waals surface area (Å²) in [6.07, 6.45) is 0. The average Bonchev–Trinajstić information content (AvgIpc) is 2.48. The zero-order chi connectivity index (χ0) is 15.8. The lowest BCUT2D eigenvalue weighted by Crippen LogP contribution is -1.91. The van der Waals surface area contributed by atoms with Crippen LogP contribution in [0.2, 0.25) is 0 Å². The number of hydrogen-bond acceptors (Lipinski definition) is 3. The Kier molecular flexibility index (Phi) is 6.03. The maximum atomic E-state index is 10.8. The highest BCUT2D eigenvalue weighted by Crippen LogP contribution is 2.04. The monoisotopic (exact) mass is 279 g/mol. The summed E-state index contributed by atoms with van der Waals surface area (Å²) in [5, 5.41) is 8.48. The highest BCUT2D eigenvalue weighted by atomic mass is 16.1. The van der Waals surface area contributed by atoms with Gasteiger partial charge in [-0.25, -0.2) is 0 Å². The van der Waals surface area contributed by atoms with Gasteiger partial charge in [0.15, 0.2) is 11.6 Å². The Hall–Kier alpha value is -2.73. The summed E-state index contributed by atoms with van der Waals surface area (Å²) >= 11 is 0. The van der Waals surface area contributed by atoms with Crippen molar-refractivity contribution in [1.29, 1.82) is 5.26 Å². The quantitative estimate of drug-likeness (QED) is 0.782. The number of rotatable bonds is 2. The lowest BCUT2D eigenvalue weighted by atomic mass is 10.1. The number of nitrogens with zero attached hydrogens (tertiary/aromatic N) is 1. The molecule has 2 aromatic carbocycles. The minimum atomic E-state index is -0.0119. The van der Waals surface area contributed by atoms with Gasteiger partial charge in [0.1, 0.15) is 0 Å². The minimum absolute atomic E-state index is 0.0119. The molecule has 0 aliphatic carbocycles. The Morgan fingerprint density at radius 2 is 1.43 bits per heavy atom. The predicted octanol–water partition coefficient (Wildman–Crippen LogP) is 3.96. The second-order valence-corrected chi connectivity index (χ2v) is 4.67. The number of hydrogen-bond donors (Lipinski definition) is 0. The van der Waals surface area contributed by atoms with Gasteiger partial charge < -0.3 is 0 Å². The third kappa shape index (κ3) is 5.42. The fourth-order valence-electron chi connectivity index (χ4n) is 1.67. The van der Waals surface area contributed by atoms with Crippen molar-refractivity contribution >= 4 is 11.6 Å². The van der Waals surface area contributed by atoms with Crippen LogP contribution in [0, 0.1) is 18.3 Å². The van der Waals surface area contributed by atoms with E-state index in [4.69, 9.17) is 5.26 Å². The zero-order valence-electron chi connectivity index (χ0n) is 12.4. The number of nitriles is 1.